The molecule has 21 heavy (non-hydrogen) atoms. The summed E-state index contributed by atoms with van der Waals surface area (Å²) >= 11 is 5.57. The van der Waals surface area contributed by atoms with Crippen LogP contribution in [0.1, 0.15) is 20.3 Å². The zero-order chi connectivity index (χ0) is 16.0. The summed E-state index contributed by atoms with van der Waals surface area (Å²) in [5.41, 5.74) is 0.212. The molecule has 2 amide bonds. The second kappa shape index (κ2) is 7.95. The van der Waals surface area contributed by atoms with Gasteiger partial charge in [0.05, 0.1) is 11.1 Å². The van der Waals surface area contributed by atoms with Crippen LogP contribution in [0.25, 0.3) is 0 Å². The van der Waals surface area contributed by atoms with Gasteiger partial charge in [-0.3, -0.25) is 9.59 Å². The van der Waals surface area contributed by atoms with Gasteiger partial charge in [0.25, 0.3) is 0 Å². The molecule has 0 spiro atoms. The molecule has 0 radical (unpaired) electrons. The van der Waals surface area contributed by atoms with Crippen LogP contribution < -0.4 is 10.6 Å². The molecule has 0 aliphatic carbocycles. The number of halogens is 2. The van der Waals surface area contributed by atoms with Gasteiger partial charge in [-0.2, -0.15) is 0 Å². The number of aliphatic hydroxyl groups is 1. The number of hydrogen-bond donors (Lipinski definition) is 3. The molecular weight excluding hydrogens is 299 g/mol. The third kappa shape index (κ3) is 5.32. The van der Waals surface area contributed by atoms with E-state index >= 15 is 0 Å². The lowest BCUT2D eigenvalue weighted by Gasteiger charge is -2.17. The topological polar surface area (TPSA) is 78.4 Å². The van der Waals surface area contributed by atoms with Crippen LogP contribution in [0.15, 0.2) is 18.2 Å². The van der Waals surface area contributed by atoms with E-state index in [0.717, 1.165) is 12.5 Å². The summed E-state index contributed by atoms with van der Waals surface area (Å²) in [4.78, 5) is 23.2. The highest BCUT2D eigenvalue weighted by Crippen LogP contribution is 2.19. The zero-order valence-corrected chi connectivity index (χ0v) is 12.6. The van der Waals surface area contributed by atoms with Gasteiger partial charge in [-0.1, -0.05) is 31.9 Å². The maximum absolute atomic E-state index is 13.0. The Balaban J connectivity index is 2.51. The highest BCUT2D eigenvalue weighted by molar-refractivity contribution is 6.39. The normalized spacial score (nSPS) is 13.4. The summed E-state index contributed by atoms with van der Waals surface area (Å²) in [5, 5.41) is 14.2. The second-order valence-corrected chi connectivity index (χ2v) is 5.15. The Kier molecular flexibility index (Phi) is 6.58. The summed E-state index contributed by atoms with van der Waals surface area (Å²) in [6, 6.07) is 3.58. The molecule has 0 saturated carbocycles. The molecule has 1 aromatic carbocycles. The van der Waals surface area contributed by atoms with Crippen LogP contribution in [-0.2, 0) is 9.59 Å². The van der Waals surface area contributed by atoms with Crippen LogP contribution in [0.2, 0.25) is 5.02 Å². The molecule has 0 fully saturated rings. The zero-order valence-electron chi connectivity index (χ0n) is 11.8. The van der Waals surface area contributed by atoms with Gasteiger partial charge < -0.3 is 15.7 Å². The van der Waals surface area contributed by atoms with Crippen molar-refractivity contribution in [3.63, 3.8) is 0 Å². The lowest BCUT2D eigenvalue weighted by molar-refractivity contribution is -0.136. The van der Waals surface area contributed by atoms with Crippen LogP contribution >= 0.6 is 11.6 Å². The second-order valence-electron chi connectivity index (χ2n) is 4.75. The van der Waals surface area contributed by atoms with Crippen LogP contribution in [0.3, 0.4) is 0 Å². The molecule has 0 saturated heterocycles. The van der Waals surface area contributed by atoms with Gasteiger partial charge in [-0.15, -0.1) is 0 Å². The summed E-state index contributed by atoms with van der Waals surface area (Å²) < 4.78 is 13.0. The average Bonchev–Trinajstić information content (AvgIpc) is 2.47. The van der Waals surface area contributed by atoms with Crippen LogP contribution in [0.5, 0.6) is 0 Å². The van der Waals surface area contributed by atoms with E-state index in [9.17, 15) is 19.1 Å². The van der Waals surface area contributed by atoms with Crippen molar-refractivity contribution < 1.29 is 19.1 Å². The van der Waals surface area contributed by atoms with Gasteiger partial charge in [0, 0.05) is 12.2 Å². The Morgan fingerprint density at radius 1 is 1.38 bits per heavy atom. The molecular formula is C14H18ClFN2O3. The lowest BCUT2D eigenvalue weighted by Crippen LogP contribution is -2.41. The van der Waals surface area contributed by atoms with Gasteiger partial charge in [0.15, 0.2) is 0 Å². The quantitative estimate of drug-likeness (QED) is 0.726. The van der Waals surface area contributed by atoms with E-state index in [2.05, 4.69) is 10.6 Å². The van der Waals surface area contributed by atoms with Gasteiger partial charge >= 0.3 is 11.8 Å². The predicted molar refractivity (Wildman–Crippen MR) is 78.5 cm³/mol. The fraction of sp³-hybridized carbons (Fsp3) is 0.429. The minimum absolute atomic E-state index is 0.00850. The maximum Gasteiger partial charge on any atom is 0.313 e. The van der Waals surface area contributed by atoms with E-state index in [1.165, 1.54) is 12.1 Å². The van der Waals surface area contributed by atoms with Gasteiger partial charge in [0.1, 0.15) is 5.82 Å². The van der Waals surface area contributed by atoms with E-state index in [4.69, 9.17) is 11.6 Å². The van der Waals surface area contributed by atoms with Crippen molar-refractivity contribution in [2.75, 3.05) is 11.9 Å². The minimum atomic E-state index is -0.908. The monoisotopic (exact) mass is 316 g/mol. The first kappa shape index (κ1) is 17.4. The summed E-state index contributed by atoms with van der Waals surface area (Å²) in [6.07, 6.45) is 0.0455. The third-order valence-electron chi connectivity index (χ3n) is 3.16. The van der Waals surface area contributed by atoms with Crippen molar-refractivity contribution in [1.82, 2.24) is 5.32 Å². The fourth-order valence-electron chi connectivity index (χ4n) is 1.51. The molecule has 0 aromatic heterocycles. The minimum Gasteiger partial charge on any atom is -0.391 e. The van der Waals surface area contributed by atoms with Crippen LogP contribution in [0.4, 0.5) is 10.1 Å². The summed E-state index contributed by atoms with van der Waals surface area (Å²) in [7, 11) is 0. The summed E-state index contributed by atoms with van der Waals surface area (Å²) in [5.74, 6) is -2.38. The molecule has 0 heterocycles. The van der Waals surface area contributed by atoms with Gasteiger partial charge in [-0.05, 0) is 24.1 Å². The fourth-order valence-corrected chi connectivity index (χ4v) is 1.69. The Bertz CT molecular complexity index is 525. The van der Waals surface area contributed by atoms with E-state index in [1.807, 2.05) is 13.8 Å². The molecule has 0 aliphatic heterocycles. The van der Waals surface area contributed by atoms with E-state index in [-0.39, 0.29) is 23.2 Å². The smallest absolute Gasteiger partial charge is 0.313 e. The van der Waals surface area contributed by atoms with Crippen molar-refractivity contribution in [2.45, 2.75) is 26.4 Å². The molecule has 2 unspecified atom stereocenters. The molecule has 0 aliphatic rings. The van der Waals surface area contributed by atoms with Crippen molar-refractivity contribution in [1.29, 1.82) is 0 Å². The number of nitrogens with one attached hydrogen (secondary N) is 2. The summed E-state index contributed by atoms with van der Waals surface area (Å²) in [6.45, 7) is 3.75. The number of rotatable bonds is 5. The Hall–Kier alpha value is -1.66. The molecule has 116 valence electrons. The molecule has 0 bridgehead atoms. The molecule has 7 heteroatoms. The van der Waals surface area contributed by atoms with Crippen molar-refractivity contribution >= 4 is 29.1 Å². The number of benzene rings is 1. The highest BCUT2D eigenvalue weighted by atomic mass is 35.5. The van der Waals surface area contributed by atoms with Crippen molar-refractivity contribution in [3.8, 4) is 0 Å². The Morgan fingerprint density at radius 2 is 2.05 bits per heavy atom. The first-order chi connectivity index (χ1) is 9.85. The molecule has 2 atom stereocenters. The predicted octanol–water partition coefficient (Wildman–Crippen LogP) is 1.94. The van der Waals surface area contributed by atoms with Crippen molar-refractivity contribution in [3.05, 3.63) is 29.0 Å². The van der Waals surface area contributed by atoms with Gasteiger partial charge in [-0.25, -0.2) is 4.39 Å². The standard InChI is InChI=1S/C14H18ClFN2O3/c1-3-8(2)12(19)7-17-13(20)14(21)18-9-4-5-11(16)10(15)6-9/h4-6,8,12,19H,3,7H2,1-2H3,(H,17,20)(H,18,21). The van der Waals surface area contributed by atoms with Crippen molar-refractivity contribution in [2.24, 2.45) is 5.92 Å². The molecule has 5 nitrogen and oxygen atoms in total. The van der Waals surface area contributed by atoms with Gasteiger partial charge in [0.2, 0.25) is 0 Å². The van der Waals surface area contributed by atoms with E-state index < -0.39 is 23.7 Å². The van der Waals surface area contributed by atoms with E-state index in [1.54, 1.807) is 0 Å². The average molecular weight is 317 g/mol. The number of carbonyl (C=O) groups excluding carboxylic acids is 2. The first-order valence-electron chi connectivity index (χ1n) is 6.57. The third-order valence-corrected chi connectivity index (χ3v) is 3.45. The number of amides is 2. The van der Waals surface area contributed by atoms with Crippen LogP contribution in [0, 0.1) is 11.7 Å². The van der Waals surface area contributed by atoms with Crippen LogP contribution in [-0.4, -0.2) is 29.6 Å². The lowest BCUT2D eigenvalue weighted by atomic mass is 10.0. The number of aliphatic hydroxyl groups excluding tert-OH is 1. The maximum atomic E-state index is 13.0. The molecule has 1 rings (SSSR count). The molecule has 3 N–H and O–H groups in total. The molecule has 1 aromatic rings. The highest BCUT2D eigenvalue weighted by Gasteiger charge is 2.18. The number of anilines is 1. The number of carbonyl (C=O) groups is 2. The van der Waals surface area contributed by atoms with E-state index in [0.29, 0.717) is 0 Å². The number of hydrogen-bond acceptors (Lipinski definition) is 3. The largest absolute Gasteiger partial charge is 0.391 e. The Labute approximate surface area is 127 Å². The first-order valence-corrected chi connectivity index (χ1v) is 6.95. The Morgan fingerprint density at radius 3 is 2.62 bits per heavy atom. The SMILES string of the molecule is CCC(C)C(O)CNC(=O)C(=O)Nc1ccc(F)c(Cl)c1.